The van der Waals surface area contributed by atoms with Gasteiger partial charge in [0.15, 0.2) is 0 Å². The maximum Gasteiger partial charge on any atom is 0.355 e. The molecule has 0 radical (unpaired) electrons. The number of nitrogens with zero attached hydrogens (tertiary/aromatic N) is 1. The van der Waals surface area contributed by atoms with Crippen molar-refractivity contribution >= 4 is 32.8 Å². The molecule has 1 aromatic heterocycles. The number of fused-ring (bicyclic) bond motifs is 1. The van der Waals surface area contributed by atoms with Gasteiger partial charge in [0.1, 0.15) is 5.69 Å². The number of methoxy groups -OCH3 is 1. The van der Waals surface area contributed by atoms with Crippen LogP contribution in [-0.2, 0) is 10.1 Å². The fraction of sp³-hybridized carbons (Fsp3) is 0.211. The van der Waals surface area contributed by atoms with E-state index in [0.717, 1.165) is 21.9 Å². The highest BCUT2D eigenvalue weighted by atomic mass is 79.9. The van der Waals surface area contributed by atoms with Crippen molar-refractivity contribution in [3.05, 3.63) is 65.9 Å². The second kappa shape index (κ2) is 7.97. The fourth-order valence-electron chi connectivity index (χ4n) is 2.46. The number of alkyl halides is 1. The number of hydrogen-bond acceptors (Lipinski definition) is 2. The second-order valence-electron chi connectivity index (χ2n) is 4.72. The normalized spacial score (nSPS) is 10.1. The standard InChI is InChI=1S/C17H14BrNO2.C2H6/c1-21-17(20)16-10-13-9-12(11-18)7-8-15(13)19(16)14-5-3-2-4-6-14;1-2/h2-10H,11H2,1H3;1-2H3. The maximum absolute atomic E-state index is 12.1. The molecule has 3 aromatic rings. The summed E-state index contributed by atoms with van der Waals surface area (Å²) in [5, 5.41) is 1.81. The highest BCUT2D eigenvalue weighted by Crippen LogP contribution is 2.26. The van der Waals surface area contributed by atoms with Crippen molar-refractivity contribution in [1.29, 1.82) is 0 Å². The first-order chi connectivity index (χ1) is 11.2. The number of esters is 1. The topological polar surface area (TPSA) is 31.2 Å². The van der Waals surface area contributed by atoms with E-state index in [-0.39, 0.29) is 5.97 Å². The van der Waals surface area contributed by atoms with Crippen molar-refractivity contribution in [1.82, 2.24) is 4.57 Å². The van der Waals surface area contributed by atoms with E-state index in [2.05, 4.69) is 28.1 Å². The van der Waals surface area contributed by atoms with Gasteiger partial charge in [0, 0.05) is 16.4 Å². The van der Waals surface area contributed by atoms with Gasteiger partial charge in [-0.15, -0.1) is 0 Å². The fourth-order valence-corrected chi connectivity index (χ4v) is 2.81. The molecule has 0 N–H and O–H groups in total. The molecule has 0 unspecified atom stereocenters. The second-order valence-corrected chi connectivity index (χ2v) is 5.28. The van der Waals surface area contributed by atoms with Gasteiger partial charge in [-0.25, -0.2) is 4.79 Å². The molecule has 0 atom stereocenters. The Bertz CT molecular complexity index is 794. The van der Waals surface area contributed by atoms with Crippen LogP contribution in [0.3, 0.4) is 0 Å². The first-order valence-electron chi connectivity index (χ1n) is 7.58. The number of hydrogen-bond donors (Lipinski definition) is 0. The summed E-state index contributed by atoms with van der Waals surface area (Å²) in [6, 6.07) is 17.9. The van der Waals surface area contributed by atoms with Gasteiger partial charge in [0.05, 0.1) is 12.6 Å². The molecule has 0 fully saturated rings. The van der Waals surface area contributed by atoms with E-state index in [4.69, 9.17) is 4.74 Å². The van der Waals surface area contributed by atoms with Crippen molar-refractivity contribution in [2.75, 3.05) is 7.11 Å². The average Bonchev–Trinajstić information content (AvgIpc) is 3.01. The lowest BCUT2D eigenvalue weighted by Crippen LogP contribution is -2.08. The zero-order chi connectivity index (χ0) is 16.8. The van der Waals surface area contributed by atoms with E-state index in [0.29, 0.717) is 5.69 Å². The first kappa shape index (κ1) is 17.3. The number of ether oxygens (including phenoxy) is 1. The van der Waals surface area contributed by atoms with Gasteiger partial charge < -0.3 is 9.30 Å². The Morgan fingerprint density at radius 2 is 1.78 bits per heavy atom. The molecule has 0 saturated heterocycles. The van der Waals surface area contributed by atoms with E-state index in [9.17, 15) is 4.79 Å². The summed E-state index contributed by atoms with van der Waals surface area (Å²) in [7, 11) is 1.40. The van der Waals surface area contributed by atoms with Crippen molar-refractivity contribution in [2.45, 2.75) is 19.2 Å². The van der Waals surface area contributed by atoms with Crippen LogP contribution in [0.4, 0.5) is 0 Å². The third-order valence-electron chi connectivity index (χ3n) is 3.43. The summed E-state index contributed by atoms with van der Waals surface area (Å²) in [6.45, 7) is 4.00. The zero-order valence-electron chi connectivity index (χ0n) is 13.5. The average molecular weight is 374 g/mol. The number of aromatic nitrogens is 1. The lowest BCUT2D eigenvalue weighted by atomic mass is 10.2. The summed E-state index contributed by atoms with van der Waals surface area (Å²) in [5.41, 5.74) is 3.64. The molecule has 1 heterocycles. The smallest absolute Gasteiger partial charge is 0.355 e. The highest BCUT2D eigenvalue weighted by molar-refractivity contribution is 9.08. The van der Waals surface area contributed by atoms with Crippen molar-refractivity contribution in [3.63, 3.8) is 0 Å². The summed E-state index contributed by atoms with van der Waals surface area (Å²) < 4.78 is 6.85. The molecule has 3 nitrogen and oxygen atoms in total. The Kier molecular flexibility index (Phi) is 5.99. The van der Waals surface area contributed by atoms with Crippen LogP contribution < -0.4 is 0 Å². The van der Waals surface area contributed by atoms with E-state index in [1.165, 1.54) is 12.7 Å². The molecule has 4 heteroatoms. The van der Waals surface area contributed by atoms with Gasteiger partial charge in [-0.3, -0.25) is 0 Å². The molecule has 3 rings (SSSR count). The molecule has 0 bridgehead atoms. The van der Waals surface area contributed by atoms with Gasteiger partial charge in [0.25, 0.3) is 0 Å². The van der Waals surface area contributed by atoms with Crippen LogP contribution in [0, 0.1) is 0 Å². The predicted octanol–water partition coefficient (Wildman–Crippen LogP) is 5.34. The van der Waals surface area contributed by atoms with Crippen LogP contribution in [0.1, 0.15) is 29.9 Å². The summed E-state index contributed by atoms with van der Waals surface area (Å²) in [5.74, 6) is -0.338. The number of carbonyl (C=O) groups excluding carboxylic acids is 1. The van der Waals surface area contributed by atoms with Gasteiger partial charge in [-0.2, -0.15) is 0 Å². The minimum absolute atomic E-state index is 0.338. The molecule has 0 spiro atoms. The van der Waals surface area contributed by atoms with Crippen molar-refractivity contribution in [3.8, 4) is 5.69 Å². The number of rotatable bonds is 3. The zero-order valence-corrected chi connectivity index (χ0v) is 15.1. The molecular formula is C19H20BrNO2. The summed E-state index contributed by atoms with van der Waals surface area (Å²) in [4.78, 5) is 12.1. The van der Waals surface area contributed by atoms with Crippen LogP contribution in [0.5, 0.6) is 0 Å². The maximum atomic E-state index is 12.1. The first-order valence-corrected chi connectivity index (χ1v) is 8.71. The summed E-state index contributed by atoms with van der Waals surface area (Å²) >= 11 is 3.46. The third kappa shape index (κ3) is 3.48. The summed E-state index contributed by atoms with van der Waals surface area (Å²) in [6.07, 6.45) is 0. The van der Waals surface area contributed by atoms with Crippen LogP contribution in [0.15, 0.2) is 54.6 Å². The largest absolute Gasteiger partial charge is 0.464 e. The molecule has 0 aliphatic rings. The highest BCUT2D eigenvalue weighted by Gasteiger charge is 2.17. The quantitative estimate of drug-likeness (QED) is 0.458. The molecule has 23 heavy (non-hydrogen) atoms. The lowest BCUT2D eigenvalue weighted by molar-refractivity contribution is 0.0592. The lowest BCUT2D eigenvalue weighted by Gasteiger charge is -2.09. The van der Waals surface area contributed by atoms with Gasteiger partial charge in [-0.1, -0.05) is 54.0 Å². The van der Waals surface area contributed by atoms with Crippen LogP contribution in [-0.4, -0.2) is 17.6 Å². The van der Waals surface area contributed by atoms with Crippen LogP contribution >= 0.6 is 15.9 Å². The molecule has 120 valence electrons. The molecule has 2 aromatic carbocycles. The van der Waals surface area contributed by atoms with Crippen LogP contribution in [0.2, 0.25) is 0 Å². The molecular weight excluding hydrogens is 354 g/mol. The Morgan fingerprint density at radius 3 is 2.39 bits per heavy atom. The number of para-hydroxylation sites is 1. The molecule has 0 aliphatic carbocycles. The SMILES string of the molecule is CC.COC(=O)c1cc2cc(CBr)ccc2n1-c1ccccc1. The van der Waals surface area contributed by atoms with Gasteiger partial charge >= 0.3 is 5.97 Å². The van der Waals surface area contributed by atoms with Crippen LogP contribution in [0.25, 0.3) is 16.6 Å². The minimum Gasteiger partial charge on any atom is -0.464 e. The third-order valence-corrected chi connectivity index (χ3v) is 4.08. The van der Waals surface area contributed by atoms with Gasteiger partial charge in [0.2, 0.25) is 0 Å². The number of carbonyl (C=O) groups is 1. The Balaban J connectivity index is 0.000000924. The Hall–Kier alpha value is -2.07. The Labute approximate surface area is 145 Å². The van der Waals surface area contributed by atoms with Crippen molar-refractivity contribution < 1.29 is 9.53 Å². The van der Waals surface area contributed by atoms with Crippen molar-refractivity contribution in [2.24, 2.45) is 0 Å². The Morgan fingerprint density at radius 1 is 1.09 bits per heavy atom. The molecule has 0 amide bonds. The number of benzene rings is 2. The minimum atomic E-state index is -0.338. The monoisotopic (exact) mass is 373 g/mol. The molecule has 0 aliphatic heterocycles. The molecule has 0 saturated carbocycles. The van der Waals surface area contributed by atoms with E-state index in [1.807, 2.05) is 60.9 Å². The van der Waals surface area contributed by atoms with E-state index >= 15 is 0 Å². The van der Waals surface area contributed by atoms with Gasteiger partial charge in [-0.05, 0) is 35.9 Å². The van der Waals surface area contributed by atoms with E-state index in [1.54, 1.807) is 0 Å². The van der Waals surface area contributed by atoms with E-state index < -0.39 is 0 Å². The predicted molar refractivity (Wildman–Crippen MR) is 98.6 cm³/mol. The number of halogens is 1.